The molecule has 2 aromatic heterocycles. The minimum Gasteiger partial charge on any atom is -0.490 e. The summed E-state index contributed by atoms with van der Waals surface area (Å²) in [7, 11) is 0. The first-order chi connectivity index (χ1) is 27.8. The number of aryl methyl sites for hydroxylation is 1. The molecule has 3 aliphatic heterocycles. The Balaban J connectivity index is 0.728. The number of nitriles is 1. The van der Waals surface area contributed by atoms with Gasteiger partial charge in [0.1, 0.15) is 11.8 Å². The number of aromatic nitrogens is 3. The van der Waals surface area contributed by atoms with E-state index in [0.717, 1.165) is 107 Å². The van der Waals surface area contributed by atoms with Crippen LogP contribution in [-0.2, 0) is 11.3 Å². The average Bonchev–Trinajstić information content (AvgIpc) is 3.65. The van der Waals surface area contributed by atoms with E-state index in [-0.39, 0.29) is 30.0 Å². The maximum absolute atomic E-state index is 13.0. The van der Waals surface area contributed by atoms with Gasteiger partial charge < -0.3 is 24.4 Å². The number of piperidine rings is 2. The number of nitrogens with zero attached hydrogens (tertiary/aromatic N) is 7. The fourth-order valence-corrected chi connectivity index (χ4v) is 9.19. The predicted molar refractivity (Wildman–Crippen MR) is 218 cm³/mol. The molecule has 5 heterocycles. The van der Waals surface area contributed by atoms with E-state index in [9.17, 15) is 14.4 Å². The zero-order chi connectivity index (χ0) is 39.3. The smallest absolute Gasteiger partial charge is 0.328 e. The molecule has 8 rings (SSSR count). The van der Waals surface area contributed by atoms with Gasteiger partial charge in [-0.1, -0.05) is 17.7 Å². The Bertz CT molecular complexity index is 2110. The third kappa shape index (κ3) is 9.18. The fraction of sp³-hybridized carbons (Fsp3) is 0.488. The Labute approximate surface area is 338 Å². The normalized spacial score (nSPS) is 21.3. The van der Waals surface area contributed by atoms with Crippen molar-refractivity contribution in [3.8, 4) is 11.8 Å². The molecule has 4 amide bonds. The van der Waals surface area contributed by atoms with Crippen LogP contribution in [0.1, 0.15) is 80.3 Å². The fourth-order valence-electron chi connectivity index (χ4n) is 8.97. The number of urea groups is 1. The van der Waals surface area contributed by atoms with Crippen molar-refractivity contribution in [3.63, 3.8) is 0 Å². The number of hydrogen-bond acceptors (Lipinski definition) is 9. The van der Waals surface area contributed by atoms with Crippen LogP contribution in [0, 0.1) is 23.2 Å². The van der Waals surface area contributed by atoms with Crippen LogP contribution in [0.3, 0.4) is 0 Å². The Morgan fingerprint density at radius 3 is 2.42 bits per heavy atom. The van der Waals surface area contributed by atoms with Crippen LogP contribution in [0.15, 0.2) is 60.8 Å². The van der Waals surface area contributed by atoms with Gasteiger partial charge in [0.05, 0.1) is 27.9 Å². The van der Waals surface area contributed by atoms with Crippen LogP contribution >= 0.6 is 11.6 Å². The molecule has 13 nitrogen and oxygen atoms in total. The monoisotopic (exact) mass is 791 g/mol. The summed E-state index contributed by atoms with van der Waals surface area (Å²) in [5.41, 5.74) is 2.74. The molecule has 1 saturated carbocycles. The van der Waals surface area contributed by atoms with Crippen molar-refractivity contribution >= 4 is 51.9 Å². The highest BCUT2D eigenvalue weighted by molar-refractivity contribution is 6.31. The highest BCUT2D eigenvalue weighted by Gasteiger charge is 2.29. The molecule has 0 spiro atoms. The van der Waals surface area contributed by atoms with Crippen LogP contribution in [0.25, 0.3) is 10.9 Å². The summed E-state index contributed by atoms with van der Waals surface area (Å²) in [6, 6.07) is 18.8. The predicted octanol–water partition coefficient (Wildman–Crippen LogP) is 6.54. The van der Waals surface area contributed by atoms with Gasteiger partial charge in [-0.25, -0.2) is 4.79 Å². The lowest BCUT2D eigenvalue weighted by atomic mass is 9.91. The van der Waals surface area contributed by atoms with E-state index in [1.807, 2.05) is 18.2 Å². The first-order valence-electron chi connectivity index (χ1n) is 20.5. The van der Waals surface area contributed by atoms with E-state index < -0.39 is 0 Å². The second kappa shape index (κ2) is 17.5. The lowest BCUT2D eigenvalue weighted by molar-refractivity contribution is -0.120. The second-order valence-electron chi connectivity index (χ2n) is 16.0. The first kappa shape index (κ1) is 38.7. The molecule has 2 N–H and O–H groups in total. The van der Waals surface area contributed by atoms with Crippen LogP contribution in [-0.4, -0.2) is 88.9 Å². The van der Waals surface area contributed by atoms with Gasteiger partial charge in [0.25, 0.3) is 5.91 Å². The number of anilines is 2. The van der Waals surface area contributed by atoms with E-state index in [0.29, 0.717) is 46.8 Å². The molecule has 57 heavy (non-hydrogen) atoms. The number of ether oxygens (including phenoxy) is 1. The van der Waals surface area contributed by atoms with Gasteiger partial charge in [-0.05, 0) is 125 Å². The van der Waals surface area contributed by atoms with Crippen LogP contribution < -0.4 is 25.2 Å². The largest absolute Gasteiger partial charge is 0.490 e. The molecule has 2 aromatic carbocycles. The molecule has 0 bridgehead atoms. The summed E-state index contributed by atoms with van der Waals surface area (Å²) in [5, 5.41) is 24.8. The highest BCUT2D eigenvalue weighted by atomic mass is 35.5. The third-order valence-corrected chi connectivity index (χ3v) is 12.6. The standard InChI is InChI=1S/C43H50ClN9O4/c44-36-26-34(7-4-31(36)27-45)57-33-8-5-32(6-9-33)46-42(55)37-10-11-40(49-48-37)52-22-15-30(16-23-52)28-50-19-12-29(13-20-50)14-21-51-24-17-35-38(51)2-1-3-39(35)53-25-18-41(54)47-43(53)56/h1-4,7,10-11,17,24,26,29-30,32-33H,5-6,8-9,12-16,18-23,25,28H2,(H,46,55)(H,47,54,56)/t32-,33-. The Morgan fingerprint density at radius 2 is 1.70 bits per heavy atom. The molecular weight excluding hydrogens is 742 g/mol. The van der Waals surface area contributed by atoms with Gasteiger partial charge in [-0.3, -0.25) is 19.8 Å². The average molecular weight is 792 g/mol. The first-order valence-corrected chi connectivity index (χ1v) is 20.8. The molecule has 14 heteroatoms. The van der Waals surface area contributed by atoms with Gasteiger partial charge in [0, 0.05) is 62.8 Å². The van der Waals surface area contributed by atoms with Crippen molar-refractivity contribution in [1.82, 2.24) is 30.3 Å². The van der Waals surface area contributed by atoms with Crippen molar-refractivity contribution in [2.75, 3.05) is 49.1 Å². The maximum atomic E-state index is 13.0. The highest BCUT2D eigenvalue weighted by Crippen LogP contribution is 2.32. The summed E-state index contributed by atoms with van der Waals surface area (Å²) in [5.74, 6) is 2.43. The van der Waals surface area contributed by atoms with E-state index in [2.05, 4.69) is 59.6 Å². The van der Waals surface area contributed by atoms with Gasteiger partial charge in [0.15, 0.2) is 11.5 Å². The summed E-state index contributed by atoms with van der Waals surface area (Å²) < 4.78 is 8.40. The molecule has 4 aromatic rings. The minimum atomic E-state index is -0.349. The van der Waals surface area contributed by atoms with Gasteiger partial charge in [-0.15, -0.1) is 10.2 Å². The van der Waals surface area contributed by atoms with E-state index >= 15 is 0 Å². The Morgan fingerprint density at radius 1 is 0.912 bits per heavy atom. The summed E-state index contributed by atoms with van der Waals surface area (Å²) in [6.07, 6.45) is 11.5. The summed E-state index contributed by atoms with van der Waals surface area (Å²) in [4.78, 5) is 43.8. The van der Waals surface area contributed by atoms with Crippen LogP contribution in [0.4, 0.5) is 16.3 Å². The van der Waals surface area contributed by atoms with Gasteiger partial charge in [0.2, 0.25) is 5.91 Å². The number of fused-ring (bicyclic) bond motifs is 1. The molecule has 0 unspecified atom stereocenters. The second-order valence-corrected chi connectivity index (χ2v) is 16.4. The number of nitrogens with one attached hydrogen (secondary N) is 2. The van der Waals surface area contributed by atoms with E-state index in [4.69, 9.17) is 21.6 Å². The summed E-state index contributed by atoms with van der Waals surface area (Å²) in [6.45, 7) is 6.65. The number of amides is 4. The van der Waals surface area contributed by atoms with E-state index in [1.54, 1.807) is 29.2 Å². The number of carbonyl (C=O) groups is 3. The van der Waals surface area contributed by atoms with Crippen molar-refractivity contribution in [3.05, 3.63) is 77.1 Å². The Kier molecular flexibility index (Phi) is 11.9. The number of rotatable bonds is 11. The van der Waals surface area contributed by atoms with Crippen molar-refractivity contribution in [2.45, 2.75) is 82.9 Å². The van der Waals surface area contributed by atoms with E-state index in [1.165, 1.54) is 12.8 Å². The SMILES string of the molecule is N#Cc1ccc(O[C@H]2CC[C@H](NC(=O)c3ccc(N4CCC(CN5CCC(CCn6ccc7c(N8CCC(=O)NC8=O)cccc76)CC5)CC4)nn3)CC2)cc1Cl. The maximum Gasteiger partial charge on any atom is 0.328 e. The lowest BCUT2D eigenvalue weighted by Gasteiger charge is -2.38. The minimum absolute atomic E-state index is 0.0386. The molecule has 4 aliphatic rings. The molecule has 0 radical (unpaired) electrons. The number of hydrogen-bond donors (Lipinski definition) is 2. The van der Waals surface area contributed by atoms with Gasteiger partial charge >= 0.3 is 6.03 Å². The molecule has 1 aliphatic carbocycles. The number of imide groups is 1. The number of halogens is 1. The third-order valence-electron chi connectivity index (χ3n) is 12.3. The molecule has 3 saturated heterocycles. The molecule has 0 atom stereocenters. The van der Waals surface area contributed by atoms with Crippen molar-refractivity contribution in [1.29, 1.82) is 5.26 Å². The van der Waals surface area contributed by atoms with Crippen LogP contribution in [0.5, 0.6) is 5.75 Å². The quantitative estimate of drug-likeness (QED) is 0.173. The summed E-state index contributed by atoms with van der Waals surface area (Å²) >= 11 is 6.15. The Hall–Kier alpha value is -5.19. The topological polar surface area (TPSA) is 149 Å². The molecular formula is C43H50ClN9O4. The van der Waals surface area contributed by atoms with Crippen LogP contribution in [0.2, 0.25) is 5.02 Å². The number of carbonyl (C=O) groups excluding carboxylic acids is 3. The zero-order valence-electron chi connectivity index (χ0n) is 32.2. The number of likely N-dealkylation sites (tertiary alicyclic amines) is 1. The molecule has 298 valence electrons. The van der Waals surface area contributed by atoms with Crippen molar-refractivity contribution in [2.24, 2.45) is 11.8 Å². The number of benzene rings is 2. The van der Waals surface area contributed by atoms with Gasteiger partial charge in [-0.2, -0.15) is 5.26 Å². The molecule has 4 fully saturated rings. The van der Waals surface area contributed by atoms with Crippen molar-refractivity contribution < 1.29 is 19.1 Å². The lowest BCUT2D eigenvalue weighted by Crippen LogP contribution is -2.49. The zero-order valence-corrected chi connectivity index (χ0v) is 33.0.